The largest absolute Gasteiger partial charge is 0.301 e. The van der Waals surface area contributed by atoms with Gasteiger partial charge in [0.2, 0.25) is 0 Å². The molecule has 1 atom stereocenters. The van der Waals surface area contributed by atoms with Crippen LogP contribution in [0.2, 0.25) is 0 Å². The molecule has 1 aliphatic heterocycles. The molecule has 2 fully saturated rings. The van der Waals surface area contributed by atoms with Crippen LogP contribution >= 0.6 is 22.6 Å². The zero-order valence-corrected chi connectivity index (χ0v) is 11.2. The highest BCUT2D eigenvalue weighted by molar-refractivity contribution is 14.1. The van der Waals surface area contributed by atoms with Crippen molar-refractivity contribution in [1.29, 1.82) is 0 Å². The highest BCUT2D eigenvalue weighted by Crippen LogP contribution is 2.27. The molecule has 0 aromatic rings. The minimum Gasteiger partial charge on any atom is -0.301 e. The van der Waals surface area contributed by atoms with Crippen molar-refractivity contribution in [2.75, 3.05) is 32.7 Å². The fraction of sp³-hybridized carbons (Fsp3) is 1.00. The molecule has 14 heavy (non-hydrogen) atoms. The number of halogens is 1. The second-order valence-corrected chi connectivity index (χ2v) is 6.80. The van der Waals surface area contributed by atoms with E-state index in [0.29, 0.717) is 0 Å². The number of piperazine rings is 1. The summed E-state index contributed by atoms with van der Waals surface area (Å²) >= 11 is 2.53. The maximum Gasteiger partial charge on any atom is 0.0113 e. The minimum absolute atomic E-state index is 0.828. The van der Waals surface area contributed by atoms with Crippen LogP contribution in [0.15, 0.2) is 0 Å². The molecule has 1 heterocycles. The molecule has 0 amide bonds. The third kappa shape index (κ3) is 3.35. The Kier molecular flexibility index (Phi) is 4.08. The standard InChI is InChI=1S/C11H21IN2/c1-10(12)4-5-13-6-8-14(9-7-13)11-2-3-11/h10-11H,2-9H2,1H3. The molecule has 0 bridgehead atoms. The highest BCUT2D eigenvalue weighted by Gasteiger charge is 2.30. The molecular weight excluding hydrogens is 287 g/mol. The second-order valence-electron chi connectivity index (χ2n) is 4.68. The molecule has 1 saturated heterocycles. The van der Waals surface area contributed by atoms with Crippen LogP contribution in [-0.2, 0) is 0 Å². The van der Waals surface area contributed by atoms with E-state index in [2.05, 4.69) is 39.3 Å². The molecule has 1 saturated carbocycles. The first-order chi connectivity index (χ1) is 6.75. The van der Waals surface area contributed by atoms with E-state index in [1.54, 1.807) is 0 Å². The zero-order valence-electron chi connectivity index (χ0n) is 9.08. The molecule has 0 aromatic heterocycles. The van der Waals surface area contributed by atoms with Crippen molar-refractivity contribution < 1.29 is 0 Å². The summed E-state index contributed by atoms with van der Waals surface area (Å²) in [4.78, 5) is 5.32. The normalized spacial score (nSPS) is 27.9. The van der Waals surface area contributed by atoms with Crippen molar-refractivity contribution in [2.45, 2.75) is 36.2 Å². The lowest BCUT2D eigenvalue weighted by Crippen LogP contribution is -2.47. The fourth-order valence-electron chi connectivity index (χ4n) is 2.15. The number of rotatable bonds is 4. The zero-order chi connectivity index (χ0) is 9.97. The Morgan fingerprint density at radius 2 is 1.86 bits per heavy atom. The Bertz CT molecular complexity index is 172. The van der Waals surface area contributed by atoms with Gasteiger partial charge in [-0.3, -0.25) is 4.90 Å². The monoisotopic (exact) mass is 308 g/mol. The molecule has 1 aliphatic carbocycles. The van der Waals surface area contributed by atoms with E-state index >= 15 is 0 Å². The van der Waals surface area contributed by atoms with Crippen LogP contribution in [0.25, 0.3) is 0 Å². The van der Waals surface area contributed by atoms with E-state index in [9.17, 15) is 0 Å². The summed E-state index contributed by atoms with van der Waals surface area (Å²) in [6.07, 6.45) is 4.28. The van der Waals surface area contributed by atoms with Gasteiger partial charge in [-0.25, -0.2) is 0 Å². The van der Waals surface area contributed by atoms with Gasteiger partial charge in [-0.2, -0.15) is 0 Å². The van der Waals surface area contributed by atoms with Crippen LogP contribution in [0, 0.1) is 0 Å². The van der Waals surface area contributed by atoms with Gasteiger partial charge in [-0.05, 0) is 25.8 Å². The fourth-order valence-corrected chi connectivity index (χ4v) is 2.43. The molecule has 0 radical (unpaired) electrons. The van der Waals surface area contributed by atoms with Gasteiger partial charge in [0, 0.05) is 36.1 Å². The summed E-state index contributed by atoms with van der Waals surface area (Å²) in [5, 5.41) is 0. The Morgan fingerprint density at radius 3 is 2.36 bits per heavy atom. The van der Waals surface area contributed by atoms with Gasteiger partial charge in [-0.15, -0.1) is 0 Å². The second kappa shape index (κ2) is 5.12. The summed E-state index contributed by atoms with van der Waals surface area (Å²) in [6.45, 7) is 8.87. The van der Waals surface area contributed by atoms with E-state index in [1.165, 1.54) is 52.0 Å². The smallest absolute Gasteiger partial charge is 0.0113 e. The van der Waals surface area contributed by atoms with Crippen LogP contribution < -0.4 is 0 Å². The van der Waals surface area contributed by atoms with Crippen molar-refractivity contribution in [2.24, 2.45) is 0 Å². The first kappa shape index (κ1) is 11.1. The van der Waals surface area contributed by atoms with E-state index in [1.807, 2.05) is 0 Å². The van der Waals surface area contributed by atoms with Crippen molar-refractivity contribution in [3.8, 4) is 0 Å². The van der Waals surface area contributed by atoms with Gasteiger partial charge < -0.3 is 4.90 Å². The SMILES string of the molecule is CC(I)CCN1CCN(C2CC2)CC1. The lowest BCUT2D eigenvalue weighted by Gasteiger charge is -2.34. The van der Waals surface area contributed by atoms with Gasteiger partial charge >= 0.3 is 0 Å². The lowest BCUT2D eigenvalue weighted by molar-refractivity contribution is 0.126. The summed E-state index contributed by atoms with van der Waals surface area (Å²) in [5.41, 5.74) is 0. The predicted octanol–water partition coefficient (Wildman–Crippen LogP) is 1.98. The summed E-state index contributed by atoms with van der Waals surface area (Å²) in [7, 11) is 0. The van der Waals surface area contributed by atoms with Crippen LogP contribution in [-0.4, -0.2) is 52.5 Å². The van der Waals surface area contributed by atoms with Gasteiger partial charge in [0.15, 0.2) is 0 Å². The predicted molar refractivity (Wildman–Crippen MR) is 69.1 cm³/mol. The molecule has 2 nitrogen and oxygen atoms in total. The van der Waals surface area contributed by atoms with Crippen molar-refractivity contribution >= 4 is 22.6 Å². The average Bonchev–Trinajstić information content (AvgIpc) is 2.99. The maximum atomic E-state index is 2.68. The Balaban J connectivity index is 1.62. The third-order valence-corrected chi connectivity index (χ3v) is 3.94. The van der Waals surface area contributed by atoms with E-state index in [4.69, 9.17) is 0 Å². The molecule has 0 spiro atoms. The number of hydrogen-bond donors (Lipinski definition) is 0. The molecule has 82 valence electrons. The molecule has 2 aliphatic rings. The molecule has 2 rings (SSSR count). The van der Waals surface area contributed by atoms with Crippen LogP contribution in [0.5, 0.6) is 0 Å². The van der Waals surface area contributed by atoms with Crippen molar-refractivity contribution in [1.82, 2.24) is 9.80 Å². The van der Waals surface area contributed by atoms with E-state index in [0.717, 1.165) is 9.97 Å². The minimum atomic E-state index is 0.828. The molecule has 3 heteroatoms. The van der Waals surface area contributed by atoms with Crippen LogP contribution in [0.1, 0.15) is 26.2 Å². The summed E-state index contributed by atoms with van der Waals surface area (Å²) < 4.78 is 0.828. The third-order valence-electron chi connectivity index (χ3n) is 3.31. The van der Waals surface area contributed by atoms with Gasteiger partial charge in [0.05, 0.1) is 0 Å². The van der Waals surface area contributed by atoms with Gasteiger partial charge in [-0.1, -0.05) is 29.5 Å². The number of nitrogens with zero attached hydrogens (tertiary/aromatic N) is 2. The Labute approximate surface area is 101 Å². The molecule has 0 N–H and O–H groups in total. The Hall–Kier alpha value is 0.650. The summed E-state index contributed by atoms with van der Waals surface area (Å²) in [5.74, 6) is 0. The topological polar surface area (TPSA) is 6.48 Å². The highest BCUT2D eigenvalue weighted by atomic mass is 127. The first-order valence-electron chi connectivity index (χ1n) is 5.86. The molecule has 1 unspecified atom stereocenters. The van der Waals surface area contributed by atoms with Crippen LogP contribution in [0.4, 0.5) is 0 Å². The molecular formula is C11H21IN2. The van der Waals surface area contributed by atoms with E-state index < -0.39 is 0 Å². The van der Waals surface area contributed by atoms with Gasteiger partial charge in [0.1, 0.15) is 0 Å². The maximum absolute atomic E-state index is 2.68. The number of hydrogen-bond acceptors (Lipinski definition) is 2. The number of alkyl halides is 1. The van der Waals surface area contributed by atoms with Crippen LogP contribution in [0.3, 0.4) is 0 Å². The average molecular weight is 308 g/mol. The lowest BCUT2D eigenvalue weighted by atomic mass is 10.2. The van der Waals surface area contributed by atoms with E-state index in [-0.39, 0.29) is 0 Å². The van der Waals surface area contributed by atoms with Crippen molar-refractivity contribution in [3.63, 3.8) is 0 Å². The summed E-state index contributed by atoms with van der Waals surface area (Å²) in [6, 6.07) is 0.973. The van der Waals surface area contributed by atoms with Crippen molar-refractivity contribution in [3.05, 3.63) is 0 Å². The molecule has 0 aromatic carbocycles. The van der Waals surface area contributed by atoms with Gasteiger partial charge in [0.25, 0.3) is 0 Å². The first-order valence-corrected chi connectivity index (χ1v) is 7.11. The Morgan fingerprint density at radius 1 is 1.21 bits per heavy atom. The quantitative estimate of drug-likeness (QED) is 0.579.